The smallest absolute Gasteiger partial charge is 0.330 e. The third-order valence-corrected chi connectivity index (χ3v) is 5.70. The molecule has 1 N–H and O–H groups in total. The first-order valence-corrected chi connectivity index (χ1v) is 8.55. The third-order valence-electron chi connectivity index (χ3n) is 5.70. The van der Waals surface area contributed by atoms with E-state index in [2.05, 4.69) is 6.58 Å². The summed E-state index contributed by atoms with van der Waals surface area (Å²) in [7, 11) is 0. The van der Waals surface area contributed by atoms with Crippen molar-refractivity contribution >= 4 is 5.97 Å². The maximum absolute atomic E-state index is 11.7. The van der Waals surface area contributed by atoms with E-state index in [-0.39, 0.29) is 23.1 Å². The lowest BCUT2D eigenvalue weighted by molar-refractivity contribution is -0.206. The van der Waals surface area contributed by atoms with Crippen LogP contribution in [0.25, 0.3) is 0 Å². The Bertz CT molecular complexity index is 428. The Kier molecular flexibility index (Phi) is 4.34. The maximum atomic E-state index is 11.7. The lowest BCUT2D eigenvalue weighted by Crippen LogP contribution is -2.58. The topological polar surface area (TPSA) is 55.8 Å². The van der Waals surface area contributed by atoms with Gasteiger partial charge in [-0.05, 0) is 69.1 Å². The van der Waals surface area contributed by atoms with E-state index in [1.165, 1.54) is 25.3 Å². The van der Waals surface area contributed by atoms with Gasteiger partial charge in [-0.2, -0.15) is 0 Å². The number of ether oxygens (including phenoxy) is 2. The fourth-order valence-electron chi connectivity index (χ4n) is 5.45. The molecule has 0 saturated heterocycles. The maximum Gasteiger partial charge on any atom is 0.330 e. The first kappa shape index (κ1) is 16.0. The van der Waals surface area contributed by atoms with Crippen LogP contribution in [-0.2, 0) is 14.3 Å². The molecule has 4 heteroatoms. The molecule has 0 aromatic rings. The normalized spacial score (nSPS) is 40.5. The summed E-state index contributed by atoms with van der Waals surface area (Å²) >= 11 is 0. The average molecular weight is 308 g/mol. The zero-order valence-corrected chi connectivity index (χ0v) is 13.6. The zero-order valence-electron chi connectivity index (χ0n) is 13.6. The molecule has 3 unspecified atom stereocenters. The van der Waals surface area contributed by atoms with Crippen LogP contribution < -0.4 is 0 Å². The highest BCUT2D eigenvalue weighted by atomic mass is 16.6. The number of carbonyl (C=O) groups excluding carboxylic acids is 1. The molecule has 0 radical (unpaired) electrons. The number of aliphatic hydroxyl groups excluding tert-OH is 1. The van der Waals surface area contributed by atoms with Crippen molar-refractivity contribution in [2.24, 2.45) is 17.3 Å². The fourth-order valence-corrected chi connectivity index (χ4v) is 5.45. The molecule has 0 amide bonds. The van der Waals surface area contributed by atoms with Crippen LogP contribution in [0.4, 0.5) is 0 Å². The molecule has 0 aromatic heterocycles. The van der Waals surface area contributed by atoms with Gasteiger partial charge >= 0.3 is 5.97 Å². The van der Waals surface area contributed by atoms with E-state index in [1.54, 1.807) is 6.92 Å². The number of esters is 1. The highest BCUT2D eigenvalue weighted by Crippen LogP contribution is 2.62. The van der Waals surface area contributed by atoms with Crippen molar-refractivity contribution in [1.82, 2.24) is 0 Å². The number of hydrogen-bond donors (Lipinski definition) is 1. The summed E-state index contributed by atoms with van der Waals surface area (Å²) < 4.78 is 11.7. The van der Waals surface area contributed by atoms with Crippen LogP contribution in [0.3, 0.4) is 0 Å². The third kappa shape index (κ3) is 3.23. The molecule has 0 aliphatic heterocycles. The fraction of sp³-hybridized carbons (Fsp3) is 0.833. The van der Waals surface area contributed by atoms with Crippen molar-refractivity contribution in [2.75, 3.05) is 13.2 Å². The Balaban J connectivity index is 1.65. The molecule has 4 rings (SSSR count). The van der Waals surface area contributed by atoms with Gasteiger partial charge in [0.25, 0.3) is 0 Å². The lowest BCUT2D eigenvalue weighted by atomic mass is 9.48. The van der Waals surface area contributed by atoms with E-state index in [9.17, 15) is 9.90 Å². The molecule has 0 spiro atoms. The van der Waals surface area contributed by atoms with Crippen molar-refractivity contribution in [1.29, 1.82) is 0 Å². The Morgan fingerprint density at radius 1 is 1.36 bits per heavy atom. The monoisotopic (exact) mass is 308 g/mol. The van der Waals surface area contributed by atoms with Crippen LogP contribution in [0.1, 0.15) is 51.9 Å². The van der Waals surface area contributed by atoms with Gasteiger partial charge in [-0.25, -0.2) is 4.79 Å². The van der Waals surface area contributed by atoms with E-state index < -0.39 is 0 Å². The van der Waals surface area contributed by atoms with Gasteiger partial charge < -0.3 is 14.6 Å². The van der Waals surface area contributed by atoms with Gasteiger partial charge in [0, 0.05) is 12.7 Å². The molecule has 0 heterocycles. The summed E-state index contributed by atoms with van der Waals surface area (Å²) in [6.45, 7) is 6.66. The van der Waals surface area contributed by atoms with Gasteiger partial charge in [0.1, 0.15) is 5.60 Å². The molecule has 4 saturated carbocycles. The predicted molar refractivity (Wildman–Crippen MR) is 83.3 cm³/mol. The van der Waals surface area contributed by atoms with Gasteiger partial charge in [0.2, 0.25) is 0 Å². The van der Waals surface area contributed by atoms with Crippen molar-refractivity contribution in [3.8, 4) is 0 Å². The molecular weight excluding hydrogens is 280 g/mol. The lowest BCUT2D eigenvalue weighted by Gasteiger charge is -2.61. The molecule has 3 atom stereocenters. The van der Waals surface area contributed by atoms with Crippen molar-refractivity contribution < 1.29 is 19.4 Å². The molecule has 124 valence electrons. The van der Waals surface area contributed by atoms with E-state index in [1.807, 2.05) is 0 Å². The second kappa shape index (κ2) is 5.97. The van der Waals surface area contributed by atoms with Crippen molar-refractivity contribution in [2.45, 2.75) is 63.6 Å². The number of aliphatic hydroxyl groups is 1. The van der Waals surface area contributed by atoms with Gasteiger partial charge in [-0.3, -0.25) is 0 Å². The standard InChI is InChI=1S/C18H28O4/c1-3-16(20)22-18-9-14-6-15(10-18)8-17(7-14,11-18)12-21-5-4-13(2)19/h3,13-15,19H,1,4-12H2,2H3. The minimum atomic E-state index is -0.309. The average Bonchev–Trinajstić information content (AvgIpc) is 2.41. The highest BCUT2D eigenvalue weighted by Gasteiger charge is 2.59. The largest absolute Gasteiger partial charge is 0.456 e. The molecule has 0 aromatic carbocycles. The quantitative estimate of drug-likeness (QED) is 0.446. The minimum absolute atomic E-state index is 0.171. The minimum Gasteiger partial charge on any atom is -0.456 e. The van der Waals surface area contributed by atoms with Crippen LogP contribution in [0, 0.1) is 17.3 Å². The number of rotatable bonds is 7. The van der Waals surface area contributed by atoms with Crippen molar-refractivity contribution in [3.63, 3.8) is 0 Å². The van der Waals surface area contributed by atoms with Crippen LogP contribution in [-0.4, -0.2) is 36.0 Å². The second-order valence-corrected chi connectivity index (χ2v) is 7.96. The van der Waals surface area contributed by atoms with Gasteiger partial charge in [0.05, 0.1) is 12.7 Å². The molecule has 4 nitrogen and oxygen atoms in total. The summed E-state index contributed by atoms with van der Waals surface area (Å²) in [5.41, 5.74) is -0.104. The van der Waals surface area contributed by atoms with E-state index >= 15 is 0 Å². The van der Waals surface area contributed by atoms with E-state index in [0.29, 0.717) is 24.9 Å². The Hall–Kier alpha value is -0.870. The second-order valence-electron chi connectivity index (χ2n) is 7.96. The molecule has 22 heavy (non-hydrogen) atoms. The Morgan fingerprint density at radius 2 is 2.05 bits per heavy atom. The van der Waals surface area contributed by atoms with Crippen LogP contribution in [0.5, 0.6) is 0 Å². The molecule has 4 aliphatic rings. The zero-order chi connectivity index (χ0) is 15.8. The summed E-state index contributed by atoms with van der Waals surface area (Å²) in [4.78, 5) is 11.7. The Morgan fingerprint density at radius 3 is 2.64 bits per heavy atom. The van der Waals surface area contributed by atoms with Gasteiger partial charge in [-0.1, -0.05) is 6.58 Å². The molecular formula is C18H28O4. The molecule has 4 fully saturated rings. The van der Waals surface area contributed by atoms with E-state index in [0.717, 1.165) is 25.9 Å². The summed E-state index contributed by atoms with van der Waals surface area (Å²) in [6, 6.07) is 0. The first-order chi connectivity index (χ1) is 10.4. The SMILES string of the molecule is C=CC(=O)OC12CC3CC(CC(COCCC(C)O)(C3)C1)C2. The summed E-state index contributed by atoms with van der Waals surface area (Å²) in [5, 5.41) is 9.33. The van der Waals surface area contributed by atoms with Gasteiger partial charge in [-0.15, -0.1) is 0 Å². The highest BCUT2D eigenvalue weighted by molar-refractivity contribution is 5.81. The molecule has 4 aliphatic carbocycles. The first-order valence-electron chi connectivity index (χ1n) is 8.55. The van der Waals surface area contributed by atoms with Crippen LogP contribution in [0.2, 0.25) is 0 Å². The van der Waals surface area contributed by atoms with Crippen molar-refractivity contribution in [3.05, 3.63) is 12.7 Å². The predicted octanol–water partition coefficient (Wildman–Crippen LogP) is 2.84. The summed E-state index contributed by atoms with van der Waals surface area (Å²) in [6.07, 6.45) is 8.29. The summed E-state index contributed by atoms with van der Waals surface area (Å²) in [5.74, 6) is 1.05. The Labute approximate surface area is 132 Å². The van der Waals surface area contributed by atoms with E-state index in [4.69, 9.17) is 9.47 Å². The van der Waals surface area contributed by atoms with Gasteiger partial charge in [0.15, 0.2) is 0 Å². The number of hydrogen-bond acceptors (Lipinski definition) is 4. The molecule has 4 bridgehead atoms. The number of carbonyl (C=O) groups is 1. The van der Waals surface area contributed by atoms with Crippen LogP contribution >= 0.6 is 0 Å². The van der Waals surface area contributed by atoms with Crippen LogP contribution in [0.15, 0.2) is 12.7 Å².